The third-order valence-electron chi connectivity index (χ3n) is 3.89. The van der Waals surface area contributed by atoms with Crippen LogP contribution in [0.25, 0.3) is 0 Å². The van der Waals surface area contributed by atoms with Crippen molar-refractivity contribution in [2.24, 2.45) is 0 Å². The molecule has 2 nitrogen and oxygen atoms in total. The van der Waals surface area contributed by atoms with Crippen LogP contribution < -0.4 is 0 Å². The summed E-state index contributed by atoms with van der Waals surface area (Å²) in [6.07, 6.45) is 5.92. The molecule has 1 saturated carbocycles. The standard InChI is InChI=1S/C15H23NO/c1-16(14-9-5-6-10-14)12-11-15(17)13-7-3-2-4-8-13/h2-4,7-8,14-15,17H,5-6,9-12H2,1H3. The first-order valence-corrected chi connectivity index (χ1v) is 6.70. The molecule has 0 amide bonds. The van der Waals surface area contributed by atoms with Crippen LogP contribution in [0.5, 0.6) is 0 Å². The van der Waals surface area contributed by atoms with Crippen LogP contribution in [-0.2, 0) is 0 Å². The van der Waals surface area contributed by atoms with Gasteiger partial charge in [-0.15, -0.1) is 0 Å². The van der Waals surface area contributed by atoms with Gasteiger partial charge in [-0.2, -0.15) is 0 Å². The second-order valence-electron chi connectivity index (χ2n) is 5.13. The fraction of sp³-hybridized carbons (Fsp3) is 0.600. The van der Waals surface area contributed by atoms with Gasteiger partial charge in [0.2, 0.25) is 0 Å². The molecule has 0 saturated heterocycles. The van der Waals surface area contributed by atoms with Gasteiger partial charge in [-0.1, -0.05) is 43.2 Å². The number of rotatable bonds is 5. The summed E-state index contributed by atoms with van der Waals surface area (Å²) in [5, 5.41) is 10.1. The highest BCUT2D eigenvalue weighted by atomic mass is 16.3. The molecule has 2 heteroatoms. The van der Waals surface area contributed by atoms with Crippen molar-refractivity contribution in [3.8, 4) is 0 Å². The van der Waals surface area contributed by atoms with Crippen LogP contribution >= 0.6 is 0 Å². The molecule has 0 radical (unpaired) electrons. The van der Waals surface area contributed by atoms with Gasteiger partial charge in [-0.3, -0.25) is 0 Å². The monoisotopic (exact) mass is 233 g/mol. The zero-order valence-corrected chi connectivity index (χ0v) is 10.7. The number of hydrogen-bond donors (Lipinski definition) is 1. The van der Waals surface area contributed by atoms with Gasteiger partial charge in [0.25, 0.3) is 0 Å². The molecule has 0 heterocycles. The van der Waals surface area contributed by atoms with Crippen LogP contribution in [0.15, 0.2) is 30.3 Å². The highest BCUT2D eigenvalue weighted by Crippen LogP contribution is 2.24. The van der Waals surface area contributed by atoms with Crippen molar-refractivity contribution in [2.75, 3.05) is 13.6 Å². The van der Waals surface area contributed by atoms with E-state index in [1.807, 2.05) is 30.3 Å². The summed E-state index contributed by atoms with van der Waals surface area (Å²) < 4.78 is 0. The summed E-state index contributed by atoms with van der Waals surface area (Å²) in [5.41, 5.74) is 1.03. The number of aliphatic hydroxyl groups excluding tert-OH is 1. The van der Waals surface area contributed by atoms with Crippen molar-refractivity contribution in [3.05, 3.63) is 35.9 Å². The lowest BCUT2D eigenvalue weighted by Gasteiger charge is -2.25. The molecular formula is C15H23NO. The SMILES string of the molecule is CN(CCC(O)c1ccccc1)C1CCCC1. The first kappa shape index (κ1) is 12.6. The maximum absolute atomic E-state index is 10.1. The molecule has 0 aliphatic heterocycles. The van der Waals surface area contributed by atoms with Crippen molar-refractivity contribution >= 4 is 0 Å². The summed E-state index contributed by atoms with van der Waals surface area (Å²) in [4.78, 5) is 2.42. The van der Waals surface area contributed by atoms with Crippen molar-refractivity contribution in [3.63, 3.8) is 0 Å². The van der Waals surface area contributed by atoms with E-state index in [0.717, 1.165) is 24.6 Å². The molecular weight excluding hydrogens is 210 g/mol. The van der Waals surface area contributed by atoms with Crippen molar-refractivity contribution in [1.29, 1.82) is 0 Å². The summed E-state index contributed by atoms with van der Waals surface area (Å²) in [6, 6.07) is 10.7. The lowest BCUT2D eigenvalue weighted by molar-refractivity contribution is 0.137. The van der Waals surface area contributed by atoms with Gasteiger partial charge in [0, 0.05) is 12.6 Å². The molecule has 0 aromatic heterocycles. The van der Waals surface area contributed by atoms with E-state index >= 15 is 0 Å². The van der Waals surface area contributed by atoms with Crippen LogP contribution in [-0.4, -0.2) is 29.6 Å². The zero-order valence-electron chi connectivity index (χ0n) is 10.7. The predicted octanol–water partition coefficient (Wildman–Crippen LogP) is 2.98. The van der Waals surface area contributed by atoms with Gasteiger partial charge in [0.05, 0.1) is 6.10 Å². The van der Waals surface area contributed by atoms with Crippen LogP contribution in [0.4, 0.5) is 0 Å². The highest BCUT2D eigenvalue weighted by Gasteiger charge is 2.19. The highest BCUT2D eigenvalue weighted by molar-refractivity contribution is 5.17. The van der Waals surface area contributed by atoms with Gasteiger partial charge in [0.1, 0.15) is 0 Å². The Balaban J connectivity index is 1.77. The third kappa shape index (κ3) is 3.55. The fourth-order valence-electron chi connectivity index (χ4n) is 2.70. The largest absolute Gasteiger partial charge is 0.388 e. The number of aliphatic hydroxyl groups is 1. The molecule has 1 fully saturated rings. The number of benzene rings is 1. The van der Waals surface area contributed by atoms with Gasteiger partial charge < -0.3 is 10.0 Å². The van der Waals surface area contributed by atoms with E-state index in [0.29, 0.717) is 0 Å². The van der Waals surface area contributed by atoms with Crippen LogP contribution in [0.2, 0.25) is 0 Å². The lowest BCUT2D eigenvalue weighted by Crippen LogP contribution is -2.30. The molecule has 1 unspecified atom stereocenters. The predicted molar refractivity (Wildman–Crippen MR) is 70.9 cm³/mol. The normalized spacial score (nSPS) is 18.8. The van der Waals surface area contributed by atoms with Crippen molar-refractivity contribution in [1.82, 2.24) is 4.90 Å². The quantitative estimate of drug-likeness (QED) is 0.845. The second-order valence-corrected chi connectivity index (χ2v) is 5.13. The molecule has 0 spiro atoms. The second kappa shape index (κ2) is 6.18. The molecule has 2 rings (SSSR count). The summed E-state index contributed by atoms with van der Waals surface area (Å²) in [6.45, 7) is 0.987. The molecule has 1 N–H and O–H groups in total. The lowest BCUT2D eigenvalue weighted by atomic mass is 10.1. The van der Waals surface area contributed by atoms with Crippen LogP contribution in [0.1, 0.15) is 43.8 Å². The van der Waals surface area contributed by atoms with Crippen molar-refractivity contribution < 1.29 is 5.11 Å². The average molecular weight is 233 g/mol. The minimum absolute atomic E-state index is 0.319. The minimum Gasteiger partial charge on any atom is -0.388 e. The summed E-state index contributed by atoms with van der Waals surface area (Å²) in [7, 11) is 2.19. The van der Waals surface area contributed by atoms with E-state index < -0.39 is 0 Å². The smallest absolute Gasteiger partial charge is 0.0802 e. The molecule has 1 aromatic carbocycles. The topological polar surface area (TPSA) is 23.5 Å². The molecule has 1 aliphatic carbocycles. The first-order valence-electron chi connectivity index (χ1n) is 6.70. The number of nitrogens with zero attached hydrogens (tertiary/aromatic N) is 1. The molecule has 17 heavy (non-hydrogen) atoms. The Morgan fingerprint density at radius 2 is 1.88 bits per heavy atom. The van der Waals surface area contributed by atoms with Crippen LogP contribution in [0, 0.1) is 0 Å². The Bertz CT molecular complexity index is 319. The van der Waals surface area contributed by atoms with E-state index in [9.17, 15) is 5.11 Å². The molecule has 1 aliphatic rings. The Kier molecular flexibility index (Phi) is 4.57. The van der Waals surface area contributed by atoms with Gasteiger partial charge in [-0.05, 0) is 31.9 Å². The molecule has 1 atom stereocenters. The Labute approximate surface area is 104 Å². The van der Waals surface area contributed by atoms with E-state index in [2.05, 4.69) is 11.9 Å². The molecule has 0 bridgehead atoms. The molecule has 94 valence electrons. The zero-order chi connectivity index (χ0) is 12.1. The Morgan fingerprint density at radius 1 is 1.24 bits per heavy atom. The first-order chi connectivity index (χ1) is 8.27. The molecule has 1 aromatic rings. The summed E-state index contributed by atoms with van der Waals surface area (Å²) >= 11 is 0. The van der Waals surface area contributed by atoms with E-state index in [1.165, 1.54) is 25.7 Å². The van der Waals surface area contributed by atoms with Crippen LogP contribution in [0.3, 0.4) is 0 Å². The third-order valence-corrected chi connectivity index (χ3v) is 3.89. The number of hydrogen-bond acceptors (Lipinski definition) is 2. The van der Waals surface area contributed by atoms with Gasteiger partial charge >= 0.3 is 0 Å². The minimum atomic E-state index is -0.319. The Hall–Kier alpha value is -0.860. The van der Waals surface area contributed by atoms with E-state index in [1.54, 1.807) is 0 Å². The van der Waals surface area contributed by atoms with Gasteiger partial charge in [-0.25, -0.2) is 0 Å². The van der Waals surface area contributed by atoms with E-state index in [-0.39, 0.29) is 6.10 Å². The maximum Gasteiger partial charge on any atom is 0.0802 e. The van der Waals surface area contributed by atoms with Gasteiger partial charge in [0.15, 0.2) is 0 Å². The Morgan fingerprint density at radius 3 is 2.53 bits per heavy atom. The fourth-order valence-corrected chi connectivity index (χ4v) is 2.70. The van der Waals surface area contributed by atoms with E-state index in [4.69, 9.17) is 0 Å². The maximum atomic E-state index is 10.1. The van der Waals surface area contributed by atoms with Crippen molar-refractivity contribution in [2.45, 2.75) is 44.2 Å². The summed E-state index contributed by atoms with van der Waals surface area (Å²) in [5.74, 6) is 0. The average Bonchev–Trinajstić information content (AvgIpc) is 2.90.